The zero-order valence-corrected chi connectivity index (χ0v) is 15.9. The Morgan fingerprint density at radius 2 is 2.00 bits per heavy atom. The Labute approximate surface area is 163 Å². The molecule has 27 heavy (non-hydrogen) atoms. The van der Waals surface area contributed by atoms with Gasteiger partial charge in [0.15, 0.2) is 0 Å². The predicted molar refractivity (Wildman–Crippen MR) is 98.4 cm³/mol. The van der Waals surface area contributed by atoms with E-state index in [4.69, 9.17) is 0 Å². The fraction of sp³-hybridized carbons (Fsp3) is 0.556. The molecule has 0 radical (unpaired) electrons. The minimum absolute atomic E-state index is 0. The number of alkyl halides is 2. The van der Waals surface area contributed by atoms with Gasteiger partial charge in [-0.3, -0.25) is 9.59 Å². The van der Waals surface area contributed by atoms with Gasteiger partial charge in [-0.2, -0.15) is 8.78 Å². The van der Waals surface area contributed by atoms with Gasteiger partial charge in [0.1, 0.15) is 11.8 Å². The lowest BCUT2D eigenvalue weighted by molar-refractivity contribution is -0.136. The monoisotopic (exact) mass is 403 g/mol. The normalized spacial score (nSPS) is 22.5. The Morgan fingerprint density at radius 1 is 1.26 bits per heavy atom. The number of hydrogen-bond acceptors (Lipinski definition) is 4. The number of carbonyl (C=O) groups is 2. The van der Waals surface area contributed by atoms with E-state index in [1.807, 2.05) is 6.92 Å². The SMILES string of the molecule is CC1CN(C(=O)C2CCCN2C(=O)c2ccccc2OC(F)F)CCN1.Cl. The molecule has 0 aliphatic carbocycles. The van der Waals surface area contributed by atoms with E-state index in [0.29, 0.717) is 32.5 Å². The van der Waals surface area contributed by atoms with E-state index >= 15 is 0 Å². The number of likely N-dealkylation sites (tertiary alicyclic amines) is 1. The van der Waals surface area contributed by atoms with Crippen molar-refractivity contribution in [1.82, 2.24) is 15.1 Å². The highest BCUT2D eigenvalue weighted by Gasteiger charge is 2.38. The maximum atomic E-state index is 12.9. The lowest BCUT2D eigenvalue weighted by atomic mass is 10.1. The maximum absolute atomic E-state index is 12.9. The number of nitrogens with one attached hydrogen (secondary N) is 1. The number of amides is 2. The molecule has 0 saturated carbocycles. The summed E-state index contributed by atoms with van der Waals surface area (Å²) in [5.74, 6) is -0.682. The molecule has 1 N–H and O–H groups in total. The van der Waals surface area contributed by atoms with Gasteiger partial charge in [0.05, 0.1) is 5.56 Å². The summed E-state index contributed by atoms with van der Waals surface area (Å²) in [5.41, 5.74) is 0.0566. The lowest BCUT2D eigenvalue weighted by Crippen LogP contribution is -2.56. The summed E-state index contributed by atoms with van der Waals surface area (Å²) in [5, 5.41) is 3.28. The van der Waals surface area contributed by atoms with Crippen LogP contribution in [0.5, 0.6) is 5.75 Å². The van der Waals surface area contributed by atoms with Crippen LogP contribution >= 0.6 is 12.4 Å². The number of ether oxygens (including phenoxy) is 1. The first kappa shape index (κ1) is 21.4. The topological polar surface area (TPSA) is 61.9 Å². The number of nitrogens with zero attached hydrogens (tertiary/aromatic N) is 2. The van der Waals surface area contributed by atoms with E-state index in [1.165, 1.54) is 23.1 Å². The molecule has 1 aromatic carbocycles. The van der Waals surface area contributed by atoms with Crippen LogP contribution in [-0.4, -0.2) is 66.5 Å². The van der Waals surface area contributed by atoms with Crippen molar-refractivity contribution in [1.29, 1.82) is 0 Å². The standard InChI is InChI=1S/C18H23F2N3O3.ClH/c1-12-11-22(10-8-21-12)17(25)14-6-4-9-23(14)16(24)13-5-2-3-7-15(13)26-18(19)20;/h2-3,5,7,12,14,18,21H,4,6,8-11H2,1H3;1H. The van der Waals surface area contributed by atoms with Crippen molar-refractivity contribution < 1.29 is 23.1 Å². The van der Waals surface area contributed by atoms with Crippen molar-refractivity contribution in [2.24, 2.45) is 0 Å². The molecule has 9 heteroatoms. The first-order valence-electron chi connectivity index (χ1n) is 8.84. The van der Waals surface area contributed by atoms with Crippen LogP contribution in [0.4, 0.5) is 8.78 Å². The van der Waals surface area contributed by atoms with Gasteiger partial charge in [-0.1, -0.05) is 12.1 Å². The fourth-order valence-electron chi connectivity index (χ4n) is 3.61. The lowest BCUT2D eigenvalue weighted by Gasteiger charge is -2.35. The first-order chi connectivity index (χ1) is 12.5. The summed E-state index contributed by atoms with van der Waals surface area (Å²) in [6.07, 6.45) is 1.29. The minimum atomic E-state index is -3.01. The summed E-state index contributed by atoms with van der Waals surface area (Å²) in [7, 11) is 0. The summed E-state index contributed by atoms with van der Waals surface area (Å²) in [4.78, 5) is 29.1. The second kappa shape index (κ2) is 9.32. The Kier molecular flexibility index (Phi) is 7.38. The fourth-order valence-corrected chi connectivity index (χ4v) is 3.61. The second-order valence-corrected chi connectivity index (χ2v) is 6.67. The first-order valence-corrected chi connectivity index (χ1v) is 8.84. The van der Waals surface area contributed by atoms with Crippen LogP contribution in [-0.2, 0) is 4.79 Å². The number of piperazine rings is 1. The van der Waals surface area contributed by atoms with E-state index in [9.17, 15) is 18.4 Å². The molecule has 2 aliphatic rings. The number of carbonyl (C=O) groups excluding carboxylic acids is 2. The molecule has 0 aromatic heterocycles. The van der Waals surface area contributed by atoms with E-state index in [1.54, 1.807) is 11.0 Å². The second-order valence-electron chi connectivity index (χ2n) is 6.67. The zero-order chi connectivity index (χ0) is 18.7. The van der Waals surface area contributed by atoms with Crippen molar-refractivity contribution in [3.63, 3.8) is 0 Å². The Morgan fingerprint density at radius 3 is 2.70 bits per heavy atom. The van der Waals surface area contributed by atoms with Crippen LogP contribution in [0.1, 0.15) is 30.1 Å². The number of benzene rings is 1. The molecule has 2 saturated heterocycles. The highest BCUT2D eigenvalue weighted by molar-refractivity contribution is 6.00. The Bertz CT molecular complexity index is 677. The summed E-state index contributed by atoms with van der Waals surface area (Å²) in [6, 6.07) is 5.57. The predicted octanol–water partition coefficient (Wildman–Crippen LogP) is 2.13. The molecule has 2 heterocycles. The highest BCUT2D eigenvalue weighted by atomic mass is 35.5. The molecule has 2 atom stereocenters. The Balaban J connectivity index is 0.00000261. The molecular formula is C18H24ClF2N3O3. The van der Waals surface area contributed by atoms with Gasteiger partial charge in [0.2, 0.25) is 5.91 Å². The molecule has 2 amide bonds. The zero-order valence-electron chi connectivity index (χ0n) is 15.1. The molecule has 2 aliphatic heterocycles. The van der Waals surface area contributed by atoms with E-state index in [0.717, 1.165) is 6.54 Å². The third-order valence-electron chi connectivity index (χ3n) is 4.81. The van der Waals surface area contributed by atoms with Gasteiger partial charge < -0.3 is 19.9 Å². The van der Waals surface area contributed by atoms with E-state index in [-0.39, 0.29) is 35.7 Å². The molecule has 0 spiro atoms. The largest absolute Gasteiger partial charge is 0.434 e. The molecule has 3 rings (SSSR count). The molecule has 2 unspecified atom stereocenters. The number of para-hydroxylation sites is 1. The molecule has 2 fully saturated rings. The molecule has 6 nitrogen and oxygen atoms in total. The Hall–Kier alpha value is -1.93. The number of rotatable bonds is 4. The number of hydrogen-bond donors (Lipinski definition) is 1. The third kappa shape index (κ3) is 4.87. The summed E-state index contributed by atoms with van der Waals surface area (Å²) < 4.78 is 29.7. The van der Waals surface area contributed by atoms with Crippen LogP contribution in [0, 0.1) is 0 Å². The van der Waals surface area contributed by atoms with Crippen molar-refractivity contribution in [3.05, 3.63) is 29.8 Å². The van der Waals surface area contributed by atoms with Crippen molar-refractivity contribution in [2.75, 3.05) is 26.2 Å². The van der Waals surface area contributed by atoms with E-state index in [2.05, 4.69) is 10.1 Å². The molecule has 0 bridgehead atoms. The van der Waals surface area contributed by atoms with Crippen LogP contribution < -0.4 is 10.1 Å². The van der Waals surface area contributed by atoms with Crippen LogP contribution in [0.15, 0.2) is 24.3 Å². The minimum Gasteiger partial charge on any atom is -0.434 e. The van der Waals surface area contributed by atoms with Crippen molar-refractivity contribution >= 4 is 24.2 Å². The summed E-state index contributed by atoms with van der Waals surface area (Å²) >= 11 is 0. The maximum Gasteiger partial charge on any atom is 0.387 e. The van der Waals surface area contributed by atoms with Crippen molar-refractivity contribution in [3.8, 4) is 5.75 Å². The van der Waals surface area contributed by atoms with Crippen molar-refractivity contribution in [2.45, 2.75) is 38.5 Å². The third-order valence-corrected chi connectivity index (χ3v) is 4.81. The van der Waals surface area contributed by atoms with Gasteiger partial charge in [-0.05, 0) is 31.9 Å². The smallest absolute Gasteiger partial charge is 0.387 e. The quantitative estimate of drug-likeness (QED) is 0.836. The van der Waals surface area contributed by atoms with Gasteiger partial charge in [0.25, 0.3) is 5.91 Å². The molecule has 1 aromatic rings. The molecule has 150 valence electrons. The number of halogens is 3. The molecular weight excluding hydrogens is 380 g/mol. The van der Waals surface area contributed by atoms with Gasteiger partial charge in [-0.15, -0.1) is 12.4 Å². The average molecular weight is 404 g/mol. The van der Waals surface area contributed by atoms with Gasteiger partial charge >= 0.3 is 6.61 Å². The summed E-state index contributed by atoms with van der Waals surface area (Å²) in [6.45, 7) is 1.35. The van der Waals surface area contributed by atoms with Gasteiger partial charge in [0, 0.05) is 32.2 Å². The highest BCUT2D eigenvalue weighted by Crippen LogP contribution is 2.27. The van der Waals surface area contributed by atoms with Crippen LogP contribution in [0.3, 0.4) is 0 Å². The van der Waals surface area contributed by atoms with Crippen LogP contribution in [0.25, 0.3) is 0 Å². The van der Waals surface area contributed by atoms with E-state index < -0.39 is 18.6 Å². The van der Waals surface area contributed by atoms with Crippen LogP contribution in [0.2, 0.25) is 0 Å². The van der Waals surface area contributed by atoms with Gasteiger partial charge in [-0.25, -0.2) is 0 Å². The average Bonchev–Trinajstić information content (AvgIpc) is 3.10.